The molecule has 0 spiro atoms. The smallest absolute Gasteiger partial charge is 0.289 e. The van der Waals surface area contributed by atoms with Crippen LogP contribution in [0, 0.1) is 0 Å². The maximum absolute atomic E-state index is 12.0. The molecule has 0 saturated heterocycles. The van der Waals surface area contributed by atoms with E-state index in [0.29, 0.717) is 12.5 Å². The molecule has 0 aromatic rings. The zero-order valence-electron chi connectivity index (χ0n) is 5.27. The molecule has 0 unspecified atom stereocenters. The second-order valence-corrected chi connectivity index (χ2v) is 1.73. The second-order valence-electron chi connectivity index (χ2n) is 1.73. The number of aliphatic hydroxyl groups is 1. The van der Waals surface area contributed by atoms with Crippen LogP contribution in [0.1, 0.15) is 13.3 Å². The monoisotopic (exact) mass is 136 g/mol. The van der Waals surface area contributed by atoms with Gasteiger partial charge in [-0.25, -0.2) is 0 Å². The molecule has 0 bridgehead atoms. The highest BCUT2D eigenvalue weighted by atomic mass is 19.3. The van der Waals surface area contributed by atoms with E-state index in [1.165, 1.54) is 6.08 Å². The van der Waals surface area contributed by atoms with E-state index in [-0.39, 0.29) is 0 Å². The van der Waals surface area contributed by atoms with Crippen LogP contribution in [0.15, 0.2) is 12.2 Å². The number of alkyl halides is 2. The average Bonchev–Trinajstić information content (AvgIpc) is 1.84. The van der Waals surface area contributed by atoms with E-state index in [2.05, 4.69) is 0 Å². The number of hydrogen-bond donors (Lipinski definition) is 1. The van der Waals surface area contributed by atoms with Gasteiger partial charge in [0.2, 0.25) is 0 Å². The molecule has 0 radical (unpaired) electrons. The van der Waals surface area contributed by atoms with Crippen LogP contribution in [-0.2, 0) is 0 Å². The zero-order valence-corrected chi connectivity index (χ0v) is 5.27. The van der Waals surface area contributed by atoms with Crippen LogP contribution in [0.4, 0.5) is 8.78 Å². The van der Waals surface area contributed by atoms with Gasteiger partial charge in [0.1, 0.15) is 6.61 Å². The molecule has 0 fully saturated rings. The summed E-state index contributed by atoms with van der Waals surface area (Å²) in [5.41, 5.74) is 0. The Morgan fingerprint density at radius 2 is 2.11 bits per heavy atom. The fraction of sp³-hybridized carbons (Fsp3) is 0.667. The normalized spacial score (nSPS) is 12.9. The highest BCUT2D eigenvalue weighted by Crippen LogP contribution is 2.13. The minimum Gasteiger partial charge on any atom is -0.390 e. The predicted octanol–water partition coefficient (Wildman–Crippen LogP) is 1.58. The molecule has 0 saturated carbocycles. The first-order chi connectivity index (χ1) is 4.12. The Balaban J connectivity index is 3.70. The maximum atomic E-state index is 12.0. The van der Waals surface area contributed by atoms with Crippen molar-refractivity contribution in [1.29, 1.82) is 0 Å². The van der Waals surface area contributed by atoms with E-state index in [1.54, 1.807) is 6.92 Å². The highest BCUT2D eigenvalue weighted by Gasteiger charge is 2.22. The zero-order chi connectivity index (χ0) is 7.33. The lowest BCUT2D eigenvalue weighted by molar-refractivity contribution is -0.00502. The van der Waals surface area contributed by atoms with Crippen LogP contribution in [0.3, 0.4) is 0 Å². The number of allylic oxidation sites excluding steroid dienone is 1. The molecule has 0 aliphatic rings. The van der Waals surface area contributed by atoms with Gasteiger partial charge in [-0.05, 0) is 12.5 Å². The third kappa shape index (κ3) is 4.09. The Kier molecular flexibility index (Phi) is 3.39. The van der Waals surface area contributed by atoms with Gasteiger partial charge in [0.25, 0.3) is 5.92 Å². The quantitative estimate of drug-likeness (QED) is 0.584. The van der Waals surface area contributed by atoms with Gasteiger partial charge in [-0.3, -0.25) is 0 Å². The Morgan fingerprint density at radius 3 is 2.44 bits per heavy atom. The van der Waals surface area contributed by atoms with Crippen LogP contribution in [0.25, 0.3) is 0 Å². The van der Waals surface area contributed by atoms with Crippen molar-refractivity contribution in [2.45, 2.75) is 19.3 Å². The predicted molar refractivity (Wildman–Crippen MR) is 31.5 cm³/mol. The number of hydrogen-bond acceptors (Lipinski definition) is 1. The summed E-state index contributed by atoms with van der Waals surface area (Å²) in [6.07, 6.45) is 2.61. The number of aliphatic hydroxyl groups excluding tert-OH is 1. The van der Waals surface area contributed by atoms with E-state index in [0.717, 1.165) is 0 Å². The van der Waals surface area contributed by atoms with Gasteiger partial charge in [0.05, 0.1) is 0 Å². The first kappa shape index (κ1) is 8.56. The van der Waals surface area contributed by atoms with Gasteiger partial charge in [0, 0.05) is 0 Å². The SMILES string of the molecule is CCC=CC(F)(F)CO. The summed E-state index contributed by atoms with van der Waals surface area (Å²) in [5, 5.41) is 8.02. The van der Waals surface area contributed by atoms with E-state index in [4.69, 9.17) is 5.11 Å². The van der Waals surface area contributed by atoms with E-state index in [9.17, 15) is 8.78 Å². The van der Waals surface area contributed by atoms with Crippen molar-refractivity contribution >= 4 is 0 Å². The molecule has 0 aliphatic carbocycles. The van der Waals surface area contributed by atoms with Crippen molar-refractivity contribution in [3.8, 4) is 0 Å². The van der Waals surface area contributed by atoms with Gasteiger partial charge in [-0.2, -0.15) is 8.78 Å². The lowest BCUT2D eigenvalue weighted by atomic mass is 10.3. The molecule has 54 valence electrons. The fourth-order valence-electron chi connectivity index (χ4n) is 0.343. The molecule has 3 heteroatoms. The molecular formula is C6H10F2O. The topological polar surface area (TPSA) is 20.2 Å². The molecule has 0 aliphatic heterocycles. The summed E-state index contributed by atoms with van der Waals surface area (Å²) in [4.78, 5) is 0. The van der Waals surface area contributed by atoms with Gasteiger partial charge in [-0.1, -0.05) is 13.0 Å². The minimum atomic E-state index is -3.03. The summed E-state index contributed by atoms with van der Waals surface area (Å²) in [5.74, 6) is -3.03. The van der Waals surface area contributed by atoms with E-state index in [1.807, 2.05) is 0 Å². The van der Waals surface area contributed by atoms with Crippen LogP contribution in [0.5, 0.6) is 0 Å². The second kappa shape index (κ2) is 3.56. The van der Waals surface area contributed by atoms with Crippen molar-refractivity contribution in [2.24, 2.45) is 0 Å². The Labute approximate surface area is 53.0 Å². The molecule has 0 amide bonds. The van der Waals surface area contributed by atoms with Crippen molar-refractivity contribution in [3.63, 3.8) is 0 Å². The largest absolute Gasteiger partial charge is 0.390 e. The molecule has 1 nitrogen and oxygen atoms in total. The Bertz CT molecular complexity index is 99.2. The Hall–Kier alpha value is -0.440. The van der Waals surface area contributed by atoms with Gasteiger partial charge >= 0.3 is 0 Å². The fourth-order valence-corrected chi connectivity index (χ4v) is 0.343. The van der Waals surface area contributed by atoms with Crippen LogP contribution in [0.2, 0.25) is 0 Å². The van der Waals surface area contributed by atoms with E-state index < -0.39 is 12.5 Å². The highest BCUT2D eigenvalue weighted by molar-refractivity contribution is 4.93. The molecule has 0 aromatic heterocycles. The van der Waals surface area contributed by atoms with Crippen LogP contribution < -0.4 is 0 Å². The molecule has 0 atom stereocenters. The molecule has 0 rings (SSSR count). The van der Waals surface area contributed by atoms with Gasteiger partial charge < -0.3 is 5.11 Å². The first-order valence-corrected chi connectivity index (χ1v) is 2.79. The lowest BCUT2D eigenvalue weighted by Gasteiger charge is -2.05. The van der Waals surface area contributed by atoms with Crippen LogP contribution in [-0.4, -0.2) is 17.6 Å². The molecule has 0 aromatic carbocycles. The summed E-state index contributed by atoms with van der Waals surface area (Å²) < 4.78 is 24.0. The molecular weight excluding hydrogens is 126 g/mol. The third-order valence-corrected chi connectivity index (χ3v) is 0.808. The summed E-state index contributed by atoms with van der Waals surface area (Å²) >= 11 is 0. The molecule has 9 heavy (non-hydrogen) atoms. The van der Waals surface area contributed by atoms with Crippen molar-refractivity contribution in [1.82, 2.24) is 0 Å². The van der Waals surface area contributed by atoms with Crippen molar-refractivity contribution < 1.29 is 13.9 Å². The summed E-state index contributed by atoms with van der Waals surface area (Å²) in [6.45, 7) is 0.646. The standard InChI is InChI=1S/C6H10F2O/c1-2-3-4-6(7,8)5-9/h3-4,9H,2,5H2,1H3. The van der Waals surface area contributed by atoms with E-state index >= 15 is 0 Å². The molecule has 1 N–H and O–H groups in total. The first-order valence-electron chi connectivity index (χ1n) is 2.79. The number of rotatable bonds is 3. The Morgan fingerprint density at radius 1 is 1.56 bits per heavy atom. The van der Waals surface area contributed by atoms with Gasteiger partial charge in [0.15, 0.2) is 0 Å². The lowest BCUT2D eigenvalue weighted by Crippen LogP contribution is -2.17. The van der Waals surface area contributed by atoms with Crippen molar-refractivity contribution in [3.05, 3.63) is 12.2 Å². The maximum Gasteiger partial charge on any atom is 0.289 e. The minimum absolute atomic E-state index is 0.565. The molecule has 0 heterocycles. The average molecular weight is 136 g/mol. The van der Waals surface area contributed by atoms with Gasteiger partial charge in [-0.15, -0.1) is 0 Å². The number of halogens is 2. The summed E-state index contributed by atoms with van der Waals surface area (Å²) in [6, 6.07) is 0. The van der Waals surface area contributed by atoms with Crippen LogP contribution >= 0.6 is 0 Å². The summed E-state index contributed by atoms with van der Waals surface area (Å²) in [7, 11) is 0. The third-order valence-electron chi connectivity index (χ3n) is 0.808. The van der Waals surface area contributed by atoms with Crippen molar-refractivity contribution in [2.75, 3.05) is 6.61 Å².